The van der Waals surface area contributed by atoms with Gasteiger partial charge in [-0.2, -0.15) is 0 Å². The van der Waals surface area contributed by atoms with Crippen molar-refractivity contribution in [3.05, 3.63) is 0 Å². The fraction of sp³-hybridized carbons (Fsp3) is 0.909. The summed E-state index contributed by atoms with van der Waals surface area (Å²) in [5, 5.41) is 0. The Balaban J connectivity index is 1.88. The Morgan fingerprint density at radius 3 is 2.67 bits per heavy atom. The molecule has 4 heteroatoms. The summed E-state index contributed by atoms with van der Waals surface area (Å²) < 4.78 is 5.28. The first-order chi connectivity index (χ1) is 7.27. The molecule has 2 fully saturated rings. The quantitative estimate of drug-likeness (QED) is 0.683. The average Bonchev–Trinajstić information content (AvgIpc) is 2.29. The first-order valence-electron chi connectivity index (χ1n) is 5.78. The van der Waals surface area contributed by atoms with Gasteiger partial charge in [0.25, 0.3) is 0 Å². The number of amides is 1. The molecular weight excluding hydrogens is 258 g/mol. The molecule has 2 saturated heterocycles. The Morgan fingerprint density at radius 2 is 2.00 bits per heavy atom. The highest BCUT2D eigenvalue weighted by molar-refractivity contribution is 9.09. The monoisotopic (exact) mass is 275 g/mol. The first-order valence-corrected chi connectivity index (χ1v) is 6.69. The van der Waals surface area contributed by atoms with Crippen LogP contribution in [0.5, 0.6) is 0 Å². The van der Waals surface area contributed by atoms with Gasteiger partial charge in [0.05, 0.1) is 0 Å². The number of carbonyl (C=O) groups is 1. The van der Waals surface area contributed by atoms with Crippen LogP contribution in [0.4, 0.5) is 0 Å². The smallest absolute Gasteiger partial charge is 0.225 e. The fourth-order valence-corrected chi connectivity index (χ4v) is 3.00. The van der Waals surface area contributed by atoms with E-state index in [1.807, 2.05) is 4.90 Å². The normalized spacial score (nSPS) is 29.1. The van der Waals surface area contributed by atoms with Crippen molar-refractivity contribution in [1.82, 2.24) is 4.90 Å². The van der Waals surface area contributed by atoms with E-state index in [1.54, 1.807) is 0 Å². The second-order valence-electron chi connectivity index (χ2n) is 4.41. The molecule has 0 bridgehead atoms. The number of carbonyl (C=O) groups excluding carboxylic acids is 1. The number of alkyl halides is 1. The molecule has 86 valence electrons. The van der Waals surface area contributed by atoms with Crippen LogP contribution in [0.2, 0.25) is 0 Å². The minimum atomic E-state index is 0.219. The number of hydrogen-bond acceptors (Lipinski definition) is 2. The van der Waals surface area contributed by atoms with Crippen molar-refractivity contribution >= 4 is 21.8 Å². The van der Waals surface area contributed by atoms with Crippen LogP contribution in [0.1, 0.15) is 25.7 Å². The van der Waals surface area contributed by atoms with E-state index >= 15 is 0 Å². The second kappa shape index (κ2) is 5.30. The lowest BCUT2D eigenvalue weighted by Gasteiger charge is -2.34. The van der Waals surface area contributed by atoms with Crippen LogP contribution >= 0.6 is 15.9 Å². The van der Waals surface area contributed by atoms with Gasteiger partial charge in [0.1, 0.15) is 0 Å². The van der Waals surface area contributed by atoms with Crippen LogP contribution < -0.4 is 0 Å². The summed E-state index contributed by atoms with van der Waals surface area (Å²) in [6.07, 6.45) is 4.13. The zero-order valence-electron chi connectivity index (χ0n) is 8.95. The van der Waals surface area contributed by atoms with Crippen molar-refractivity contribution in [2.45, 2.75) is 30.5 Å². The van der Waals surface area contributed by atoms with Gasteiger partial charge < -0.3 is 9.64 Å². The molecule has 0 saturated carbocycles. The second-order valence-corrected chi connectivity index (χ2v) is 5.71. The van der Waals surface area contributed by atoms with Gasteiger partial charge in [-0.25, -0.2) is 0 Å². The molecule has 0 aliphatic carbocycles. The third-order valence-electron chi connectivity index (χ3n) is 3.25. The average molecular weight is 276 g/mol. The summed E-state index contributed by atoms with van der Waals surface area (Å²) in [4.78, 5) is 14.7. The Bertz CT molecular complexity index is 229. The molecule has 2 rings (SSSR count). The van der Waals surface area contributed by atoms with Crippen molar-refractivity contribution in [3.8, 4) is 0 Å². The molecule has 0 N–H and O–H groups in total. The Kier molecular flexibility index (Phi) is 4.03. The number of hydrogen-bond donors (Lipinski definition) is 0. The van der Waals surface area contributed by atoms with Crippen LogP contribution in [-0.4, -0.2) is 41.9 Å². The number of nitrogens with zero attached hydrogens (tertiary/aromatic N) is 1. The number of rotatable bonds is 1. The van der Waals surface area contributed by atoms with E-state index in [4.69, 9.17) is 4.74 Å². The van der Waals surface area contributed by atoms with Gasteiger partial charge in [0, 0.05) is 37.0 Å². The molecule has 0 aromatic heterocycles. The molecule has 3 nitrogen and oxygen atoms in total. The standard InChI is InChI=1S/C11H18BrNO2/c12-10-2-1-5-13(8-10)11(14)9-3-6-15-7-4-9/h9-10H,1-8H2. The lowest BCUT2D eigenvalue weighted by atomic mass is 9.97. The molecular formula is C11H18BrNO2. The maximum atomic E-state index is 12.1. The van der Waals surface area contributed by atoms with Gasteiger partial charge in [-0.05, 0) is 25.7 Å². The Morgan fingerprint density at radius 1 is 1.27 bits per heavy atom. The molecule has 2 aliphatic heterocycles. The summed E-state index contributed by atoms with van der Waals surface area (Å²) in [7, 11) is 0. The summed E-state index contributed by atoms with van der Waals surface area (Å²) in [5.41, 5.74) is 0. The van der Waals surface area contributed by atoms with E-state index in [1.165, 1.54) is 6.42 Å². The first kappa shape index (κ1) is 11.4. The van der Waals surface area contributed by atoms with Crippen LogP contribution in [0.25, 0.3) is 0 Å². The van der Waals surface area contributed by atoms with Crippen molar-refractivity contribution in [1.29, 1.82) is 0 Å². The van der Waals surface area contributed by atoms with E-state index in [-0.39, 0.29) is 5.92 Å². The van der Waals surface area contributed by atoms with Crippen LogP contribution in [0, 0.1) is 5.92 Å². The molecule has 1 unspecified atom stereocenters. The van der Waals surface area contributed by atoms with Crippen molar-refractivity contribution in [3.63, 3.8) is 0 Å². The predicted molar refractivity (Wildman–Crippen MR) is 62.1 cm³/mol. The van der Waals surface area contributed by atoms with E-state index in [9.17, 15) is 4.79 Å². The van der Waals surface area contributed by atoms with Crippen molar-refractivity contribution in [2.24, 2.45) is 5.92 Å². The Hall–Kier alpha value is -0.0900. The fourth-order valence-electron chi connectivity index (χ4n) is 2.33. The number of ether oxygens (including phenoxy) is 1. The number of halogens is 1. The van der Waals surface area contributed by atoms with Gasteiger partial charge in [-0.1, -0.05) is 15.9 Å². The molecule has 2 heterocycles. The summed E-state index contributed by atoms with van der Waals surface area (Å²) in [5.74, 6) is 0.569. The van der Waals surface area contributed by atoms with Crippen LogP contribution in [0.15, 0.2) is 0 Å². The lowest BCUT2D eigenvalue weighted by molar-refractivity contribution is -0.139. The van der Waals surface area contributed by atoms with Gasteiger partial charge in [-0.3, -0.25) is 4.79 Å². The number of likely N-dealkylation sites (tertiary alicyclic amines) is 1. The largest absolute Gasteiger partial charge is 0.381 e. The van der Waals surface area contributed by atoms with E-state index in [0.29, 0.717) is 10.7 Å². The predicted octanol–water partition coefficient (Wildman–Crippen LogP) is 1.80. The zero-order chi connectivity index (χ0) is 10.7. The highest BCUT2D eigenvalue weighted by Gasteiger charge is 2.29. The SMILES string of the molecule is O=C(C1CCOCC1)N1CCCC(Br)C1. The zero-order valence-corrected chi connectivity index (χ0v) is 10.5. The third kappa shape index (κ3) is 2.94. The topological polar surface area (TPSA) is 29.5 Å². The minimum absolute atomic E-state index is 0.219. The molecule has 2 aliphatic rings. The summed E-state index contributed by atoms with van der Waals surface area (Å²) >= 11 is 3.60. The van der Waals surface area contributed by atoms with Gasteiger partial charge >= 0.3 is 0 Å². The van der Waals surface area contributed by atoms with E-state index < -0.39 is 0 Å². The van der Waals surface area contributed by atoms with Gasteiger partial charge in [0.2, 0.25) is 5.91 Å². The summed E-state index contributed by atoms with van der Waals surface area (Å²) in [6.45, 7) is 3.33. The summed E-state index contributed by atoms with van der Waals surface area (Å²) in [6, 6.07) is 0. The van der Waals surface area contributed by atoms with Crippen LogP contribution in [0.3, 0.4) is 0 Å². The van der Waals surface area contributed by atoms with E-state index in [0.717, 1.165) is 45.6 Å². The molecule has 0 aromatic carbocycles. The van der Waals surface area contributed by atoms with Crippen LogP contribution in [-0.2, 0) is 9.53 Å². The van der Waals surface area contributed by atoms with Crippen molar-refractivity contribution in [2.75, 3.05) is 26.3 Å². The highest BCUT2D eigenvalue weighted by atomic mass is 79.9. The molecule has 0 radical (unpaired) electrons. The third-order valence-corrected chi connectivity index (χ3v) is 3.99. The number of piperidine rings is 1. The molecule has 1 atom stereocenters. The minimum Gasteiger partial charge on any atom is -0.381 e. The van der Waals surface area contributed by atoms with Gasteiger partial charge in [-0.15, -0.1) is 0 Å². The maximum absolute atomic E-state index is 12.1. The Labute approximate surface area is 99.3 Å². The van der Waals surface area contributed by atoms with Gasteiger partial charge in [0.15, 0.2) is 0 Å². The maximum Gasteiger partial charge on any atom is 0.225 e. The molecule has 15 heavy (non-hydrogen) atoms. The highest BCUT2D eigenvalue weighted by Crippen LogP contribution is 2.22. The molecule has 0 aromatic rings. The van der Waals surface area contributed by atoms with E-state index in [2.05, 4.69) is 15.9 Å². The molecule has 1 amide bonds. The molecule has 0 spiro atoms. The lowest BCUT2D eigenvalue weighted by Crippen LogP contribution is -2.44. The van der Waals surface area contributed by atoms with Crippen molar-refractivity contribution < 1.29 is 9.53 Å².